The SMILES string of the molecule is O=C(N1CCCC(S(=O)(=O)N2CCOCC2)C1)C1(O)CCCCC1. The number of carbonyl (C=O) groups is 1. The number of likely N-dealkylation sites (tertiary alicyclic amines) is 1. The Hall–Kier alpha value is -0.700. The molecule has 3 fully saturated rings. The van der Waals surface area contributed by atoms with Crippen LogP contribution in [0.2, 0.25) is 0 Å². The highest BCUT2D eigenvalue weighted by Crippen LogP contribution is 2.31. The summed E-state index contributed by atoms with van der Waals surface area (Å²) in [4.78, 5) is 14.4. The van der Waals surface area contributed by atoms with Crippen LogP contribution in [0.25, 0.3) is 0 Å². The Morgan fingerprint density at radius 3 is 2.38 bits per heavy atom. The van der Waals surface area contributed by atoms with Crippen molar-refractivity contribution in [2.24, 2.45) is 0 Å². The molecule has 1 aliphatic carbocycles. The second-order valence-corrected chi connectivity index (χ2v) is 9.38. The summed E-state index contributed by atoms with van der Waals surface area (Å²) in [6.45, 7) is 2.35. The molecule has 1 atom stereocenters. The van der Waals surface area contributed by atoms with Crippen LogP contribution in [0.3, 0.4) is 0 Å². The molecule has 2 aliphatic heterocycles. The molecular weight excluding hydrogens is 332 g/mol. The van der Waals surface area contributed by atoms with Gasteiger partial charge < -0.3 is 14.7 Å². The molecule has 24 heavy (non-hydrogen) atoms. The van der Waals surface area contributed by atoms with Gasteiger partial charge in [-0.05, 0) is 25.7 Å². The van der Waals surface area contributed by atoms with E-state index in [0.29, 0.717) is 58.5 Å². The van der Waals surface area contributed by atoms with E-state index in [-0.39, 0.29) is 12.5 Å². The first-order valence-electron chi connectivity index (χ1n) is 9.02. The lowest BCUT2D eigenvalue weighted by Gasteiger charge is -2.40. The average molecular weight is 360 g/mol. The second-order valence-electron chi connectivity index (χ2n) is 7.16. The molecule has 0 aromatic heterocycles. The maximum Gasteiger partial charge on any atom is 0.254 e. The highest BCUT2D eigenvalue weighted by atomic mass is 32.2. The van der Waals surface area contributed by atoms with Gasteiger partial charge >= 0.3 is 0 Å². The summed E-state index contributed by atoms with van der Waals surface area (Å²) in [5.41, 5.74) is -1.29. The summed E-state index contributed by atoms with van der Waals surface area (Å²) in [6, 6.07) is 0. The van der Waals surface area contributed by atoms with Crippen LogP contribution in [0.4, 0.5) is 0 Å². The van der Waals surface area contributed by atoms with Crippen LogP contribution >= 0.6 is 0 Å². The number of carbonyl (C=O) groups excluding carboxylic acids is 1. The summed E-state index contributed by atoms with van der Waals surface area (Å²) in [5, 5.41) is 10.1. The van der Waals surface area contributed by atoms with Crippen molar-refractivity contribution < 1.29 is 23.1 Å². The minimum atomic E-state index is -3.42. The minimum absolute atomic E-state index is 0.195. The number of hydrogen-bond acceptors (Lipinski definition) is 5. The number of rotatable bonds is 3. The van der Waals surface area contributed by atoms with Gasteiger partial charge in [-0.1, -0.05) is 19.3 Å². The number of sulfonamides is 1. The van der Waals surface area contributed by atoms with E-state index >= 15 is 0 Å². The molecule has 7 nitrogen and oxygen atoms in total. The van der Waals surface area contributed by atoms with Crippen molar-refractivity contribution in [1.29, 1.82) is 0 Å². The zero-order valence-electron chi connectivity index (χ0n) is 14.2. The Labute approximate surface area is 144 Å². The van der Waals surface area contributed by atoms with Crippen molar-refractivity contribution in [2.75, 3.05) is 39.4 Å². The molecule has 8 heteroatoms. The first-order valence-corrected chi connectivity index (χ1v) is 10.5. The van der Waals surface area contributed by atoms with Crippen LogP contribution in [-0.2, 0) is 19.6 Å². The van der Waals surface area contributed by atoms with Crippen LogP contribution in [0, 0.1) is 0 Å². The third-order valence-electron chi connectivity index (χ3n) is 5.50. The first-order chi connectivity index (χ1) is 11.4. The second kappa shape index (κ2) is 7.27. The fourth-order valence-corrected chi connectivity index (χ4v) is 5.94. The predicted molar refractivity (Wildman–Crippen MR) is 88.9 cm³/mol. The first kappa shape index (κ1) is 18.1. The molecule has 2 saturated heterocycles. The number of amides is 1. The Balaban J connectivity index is 1.68. The third-order valence-corrected chi connectivity index (χ3v) is 7.81. The molecule has 2 heterocycles. The summed E-state index contributed by atoms with van der Waals surface area (Å²) < 4.78 is 32.4. The van der Waals surface area contributed by atoms with Crippen molar-refractivity contribution in [3.63, 3.8) is 0 Å². The van der Waals surface area contributed by atoms with Gasteiger partial charge in [0.05, 0.1) is 18.5 Å². The van der Waals surface area contributed by atoms with Crippen molar-refractivity contribution in [1.82, 2.24) is 9.21 Å². The van der Waals surface area contributed by atoms with Crippen molar-refractivity contribution in [3.05, 3.63) is 0 Å². The topological polar surface area (TPSA) is 87.2 Å². The van der Waals surface area contributed by atoms with Crippen LogP contribution in [0.15, 0.2) is 0 Å². The van der Waals surface area contributed by atoms with Gasteiger partial charge in [0, 0.05) is 26.2 Å². The molecule has 0 aromatic carbocycles. The molecule has 1 saturated carbocycles. The number of hydrogen-bond donors (Lipinski definition) is 1. The molecule has 3 aliphatic rings. The quantitative estimate of drug-likeness (QED) is 0.784. The van der Waals surface area contributed by atoms with Gasteiger partial charge in [0.2, 0.25) is 10.0 Å². The smallest absolute Gasteiger partial charge is 0.254 e. The normalized spacial score (nSPS) is 29.4. The summed E-state index contributed by atoms with van der Waals surface area (Å²) in [6.07, 6.45) is 4.96. The largest absolute Gasteiger partial charge is 0.380 e. The molecular formula is C16H28N2O5S. The van der Waals surface area contributed by atoms with Gasteiger partial charge in [-0.2, -0.15) is 4.31 Å². The Morgan fingerprint density at radius 2 is 1.71 bits per heavy atom. The molecule has 1 N–H and O–H groups in total. The monoisotopic (exact) mass is 360 g/mol. The Bertz CT molecular complexity index is 553. The zero-order chi connectivity index (χ0) is 17.2. The van der Waals surface area contributed by atoms with E-state index < -0.39 is 20.9 Å². The van der Waals surface area contributed by atoms with Gasteiger partial charge in [0.15, 0.2) is 0 Å². The fourth-order valence-electron chi connectivity index (χ4n) is 4.02. The van der Waals surface area contributed by atoms with Crippen molar-refractivity contribution in [2.45, 2.75) is 55.8 Å². The van der Waals surface area contributed by atoms with Crippen LogP contribution in [-0.4, -0.2) is 78.9 Å². The van der Waals surface area contributed by atoms with Gasteiger partial charge in [-0.15, -0.1) is 0 Å². The summed E-state index contributed by atoms with van der Waals surface area (Å²) in [5.74, 6) is -0.274. The van der Waals surface area contributed by atoms with Gasteiger partial charge in [-0.3, -0.25) is 4.79 Å². The maximum absolute atomic E-state index is 12.8. The molecule has 1 amide bonds. The van der Waals surface area contributed by atoms with E-state index in [1.54, 1.807) is 4.90 Å². The lowest BCUT2D eigenvalue weighted by atomic mass is 9.83. The standard InChI is InChI=1S/C16H28N2O5S/c19-15(16(20)6-2-1-3-7-16)17-8-4-5-14(13-17)24(21,22)18-9-11-23-12-10-18/h14,20H,1-13H2. The molecule has 138 valence electrons. The van der Waals surface area contributed by atoms with E-state index in [1.807, 2.05) is 0 Å². The number of nitrogens with zero attached hydrogens (tertiary/aromatic N) is 2. The van der Waals surface area contributed by atoms with Gasteiger partial charge in [0.1, 0.15) is 5.60 Å². The summed E-state index contributed by atoms with van der Waals surface area (Å²) in [7, 11) is -3.42. The highest BCUT2D eigenvalue weighted by Gasteiger charge is 2.43. The van der Waals surface area contributed by atoms with Gasteiger partial charge in [-0.25, -0.2) is 8.42 Å². The molecule has 0 bridgehead atoms. The van der Waals surface area contributed by atoms with Crippen molar-refractivity contribution in [3.8, 4) is 0 Å². The van der Waals surface area contributed by atoms with Crippen LogP contribution in [0.5, 0.6) is 0 Å². The number of morpholine rings is 1. The number of aliphatic hydroxyl groups is 1. The Kier molecular flexibility index (Phi) is 5.48. The van der Waals surface area contributed by atoms with E-state index in [0.717, 1.165) is 19.3 Å². The molecule has 0 aromatic rings. The number of piperidine rings is 1. The maximum atomic E-state index is 12.8. The minimum Gasteiger partial charge on any atom is -0.380 e. The Morgan fingerprint density at radius 1 is 1.04 bits per heavy atom. The van der Waals surface area contributed by atoms with Gasteiger partial charge in [0.25, 0.3) is 5.91 Å². The predicted octanol–water partition coefficient (Wildman–Crippen LogP) is 0.335. The molecule has 0 radical (unpaired) electrons. The molecule has 1 unspecified atom stereocenters. The highest BCUT2D eigenvalue weighted by molar-refractivity contribution is 7.89. The van der Waals surface area contributed by atoms with E-state index in [2.05, 4.69) is 0 Å². The van der Waals surface area contributed by atoms with Crippen molar-refractivity contribution >= 4 is 15.9 Å². The van der Waals surface area contributed by atoms with E-state index in [1.165, 1.54) is 4.31 Å². The third kappa shape index (κ3) is 3.61. The number of ether oxygens (including phenoxy) is 1. The molecule has 0 spiro atoms. The zero-order valence-corrected chi connectivity index (χ0v) is 15.0. The summed E-state index contributed by atoms with van der Waals surface area (Å²) >= 11 is 0. The molecule has 3 rings (SSSR count). The lowest BCUT2D eigenvalue weighted by Crippen LogP contribution is -2.56. The average Bonchev–Trinajstić information content (AvgIpc) is 2.62. The van der Waals surface area contributed by atoms with E-state index in [4.69, 9.17) is 4.74 Å². The van der Waals surface area contributed by atoms with Crippen LogP contribution in [0.1, 0.15) is 44.9 Å². The van der Waals surface area contributed by atoms with Crippen LogP contribution < -0.4 is 0 Å². The fraction of sp³-hybridized carbons (Fsp3) is 0.938. The van der Waals surface area contributed by atoms with E-state index in [9.17, 15) is 18.3 Å². The lowest BCUT2D eigenvalue weighted by molar-refractivity contribution is -0.155.